The van der Waals surface area contributed by atoms with Crippen LogP contribution < -0.4 is 26.8 Å². The fourth-order valence-electron chi connectivity index (χ4n) is 2.01. The minimum Gasteiger partial charge on any atom is -0.495 e. The summed E-state index contributed by atoms with van der Waals surface area (Å²) in [6.45, 7) is 1.80. The first kappa shape index (κ1) is 17.9. The first-order chi connectivity index (χ1) is 11.9. The number of anilines is 3. The van der Waals surface area contributed by atoms with E-state index in [-0.39, 0.29) is 17.3 Å². The first-order valence-electron chi connectivity index (χ1n) is 7.43. The zero-order valence-corrected chi connectivity index (χ0v) is 13.8. The number of primary amides is 2. The smallest absolute Gasteiger partial charge is 0.271 e. The van der Waals surface area contributed by atoms with Gasteiger partial charge in [0.15, 0.2) is 11.5 Å². The van der Waals surface area contributed by atoms with Crippen molar-refractivity contribution < 1.29 is 14.3 Å². The third-order valence-corrected chi connectivity index (χ3v) is 3.29. The Morgan fingerprint density at radius 1 is 1.28 bits per heavy atom. The second-order valence-electron chi connectivity index (χ2n) is 5.06. The van der Waals surface area contributed by atoms with E-state index in [1.165, 1.54) is 25.7 Å². The lowest BCUT2D eigenvalue weighted by molar-refractivity contribution is -0.118. The van der Waals surface area contributed by atoms with E-state index in [1.807, 2.05) is 0 Å². The van der Waals surface area contributed by atoms with Gasteiger partial charge in [0.25, 0.3) is 5.91 Å². The molecule has 0 fully saturated rings. The third kappa shape index (κ3) is 4.53. The van der Waals surface area contributed by atoms with Crippen LogP contribution in [0, 0.1) is 0 Å². The molecule has 0 aliphatic rings. The summed E-state index contributed by atoms with van der Waals surface area (Å²) in [5, 5.41) is 5.78. The van der Waals surface area contributed by atoms with E-state index in [1.54, 1.807) is 13.0 Å². The van der Waals surface area contributed by atoms with Gasteiger partial charge >= 0.3 is 0 Å². The number of carbonyl (C=O) groups excluding carboxylic acids is 2. The molecule has 0 aromatic carbocycles. The topological polar surface area (TPSA) is 158 Å². The fraction of sp³-hybridized carbons (Fsp3) is 0.267. The Kier molecular flexibility index (Phi) is 5.66. The summed E-state index contributed by atoms with van der Waals surface area (Å²) in [5.74, 6) is -0.359. The van der Waals surface area contributed by atoms with Crippen LogP contribution in [0.25, 0.3) is 0 Å². The number of amides is 2. The Morgan fingerprint density at radius 3 is 2.64 bits per heavy atom. The van der Waals surface area contributed by atoms with Gasteiger partial charge in [-0.05, 0) is 6.42 Å². The van der Waals surface area contributed by atoms with Gasteiger partial charge in [-0.2, -0.15) is 0 Å². The standard InChI is InChI=1S/C15H19N7O3/c1-3-10(13(16)23)21-11-7-19-12(14(17)24)15(22-11)20-8-4-9(25-2)6-18-5-8/h4-7,10H,3H2,1-2H3,(H2,16,23)(H2,17,24)(H2,20,21,22)/t10-/m1/s1. The van der Waals surface area contributed by atoms with Gasteiger partial charge in [-0.1, -0.05) is 6.92 Å². The highest BCUT2D eigenvalue weighted by Crippen LogP contribution is 2.22. The van der Waals surface area contributed by atoms with Crippen LogP contribution in [0.15, 0.2) is 24.7 Å². The van der Waals surface area contributed by atoms with Crippen molar-refractivity contribution in [1.29, 1.82) is 0 Å². The molecule has 10 heteroatoms. The number of hydrogen-bond donors (Lipinski definition) is 4. The highest BCUT2D eigenvalue weighted by molar-refractivity contribution is 5.96. The number of rotatable bonds is 8. The van der Waals surface area contributed by atoms with Crippen molar-refractivity contribution in [1.82, 2.24) is 15.0 Å². The summed E-state index contributed by atoms with van der Waals surface area (Å²) in [5.41, 5.74) is 11.1. The van der Waals surface area contributed by atoms with E-state index in [0.717, 1.165) is 0 Å². The summed E-state index contributed by atoms with van der Waals surface area (Å²) in [4.78, 5) is 35.2. The molecule has 2 aromatic rings. The molecule has 2 heterocycles. The number of pyridine rings is 1. The number of ether oxygens (including phenoxy) is 1. The van der Waals surface area contributed by atoms with Gasteiger partial charge in [0, 0.05) is 6.07 Å². The average Bonchev–Trinajstić information content (AvgIpc) is 2.59. The maximum Gasteiger partial charge on any atom is 0.271 e. The highest BCUT2D eigenvalue weighted by atomic mass is 16.5. The lowest BCUT2D eigenvalue weighted by atomic mass is 10.2. The van der Waals surface area contributed by atoms with Crippen molar-refractivity contribution in [2.45, 2.75) is 19.4 Å². The molecule has 2 amide bonds. The van der Waals surface area contributed by atoms with Crippen molar-refractivity contribution in [2.24, 2.45) is 11.5 Å². The molecule has 0 unspecified atom stereocenters. The fourth-order valence-corrected chi connectivity index (χ4v) is 2.01. The largest absolute Gasteiger partial charge is 0.495 e. The summed E-state index contributed by atoms with van der Waals surface area (Å²) < 4.78 is 5.09. The number of aromatic nitrogens is 3. The zero-order chi connectivity index (χ0) is 18.4. The maximum atomic E-state index is 11.6. The zero-order valence-electron chi connectivity index (χ0n) is 13.8. The Morgan fingerprint density at radius 2 is 2.04 bits per heavy atom. The molecule has 2 aromatic heterocycles. The predicted molar refractivity (Wildman–Crippen MR) is 91.5 cm³/mol. The van der Waals surface area contributed by atoms with Crippen LogP contribution >= 0.6 is 0 Å². The highest BCUT2D eigenvalue weighted by Gasteiger charge is 2.17. The third-order valence-electron chi connectivity index (χ3n) is 3.29. The van der Waals surface area contributed by atoms with Crippen LogP contribution in [0.4, 0.5) is 17.3 Å². The lowest BCUT2D eigenvalue weighted by Gasteiger charge is -2.15. The van der Waals surface area contributed by atoms with Crippen LogP contribution in [0.5, 0.6) is 5.75 Å². The lowest BCUT2D eigenvalue weighted by Crippen LogP contribution is -2.35. The van der Waals surface area contributed by atoms with Crippen LogP contribution in [-0.2, 0) is 4.79 Å². The predicted octanol–water partition coefficient (Wildman–Crippen LogP) is 0.398. The Bertz CT molecular complexity index is 781. The molecule has 6 N–H and O–H groups in total. The van der Waals surface area contributed by atoms with E-state index in [4.69, 9.17) is 16.2 Å². The van der Waals surface area contributed by atoms with Crippen LogP contribution in [-0.4, -0.2) is 39.9 Å². The van der Waals surface area contributed by atoms with Crippen molar-refractivity contribution in [3.05, 3.63) is 30.4 Å². The molecule has 2 rings (SSSR count). The quantitative estimate of drug-likeness (QED) is 0.535. The molecule has 0 saturated heterocycles. The molecule has 0 spiro atoms. The second kappa shape index (κ2) is 7.90. The molecule has 0 aliphatic carbocycles. The van der Waals surface area contributed by atoms with Crippen LogP contribution in [0.2, 0.25) is 0 Å². The van der Waals surface area contributed by atoms with Gasteiger partial charge in [0.1, 0.15) is 17.6 Å². The van der Waals surface area contributed by atoms with Crippen LogP contribution in [0.1, 0.15) is 23.8 Å². The number of nitrogens with two attached hydrogens (primary N) is 2. The molecule has 132 valence electrons. The SMILES string of the molecule is CC[C@@H](Nc1cnc(C(N)=O)c(Nc2cncc(OC)c2)n1)C(N)=O. The van der Waals surface area contributed by atoms with Gasteiger partial charge in [0.05, 0.1) is 31.4 Å². The number of nitrogens with zero attached hydrogens (tertiary/aromatic N) is 3. The van der Waals surface area contributed by atoms with Crippen molar-refractivity contribution >= 4 is 29.1 Å². The minimum absolute atomic E-state index is 0.0551. The van der Waals surface area contributed by atoms with Gasteiger partial charge < -0.3 is 26.8 Å². The molecule has 0 aliphatic heterocycles. The van der Waals surface area contributed by atoms with E-state index in [9.17, 15) is 9.59 Å². The van der Waals surface area contributed by atoms with Gasteiger partial charge in [-0.15, -0.1) is 0 Å². The summed E-state index contributed by atoms with van der Waals surface area (Å²) in [6, 6.07) is 1.05. The second-order valence-corrected chi connectivity index (χ2v) is 5.06. The van der Waals surface area contributed by atoms with E-state index < -0.39 is 17.9 Å². The molecular formula is C15H19N7O3. The van der Waals surface area contributed by atoms with Gasteiger partial charge in [0.2, 0.25) is 5.91 Å². The number of hydrogen-bond acceptors (Lipinski definition) is 8. The Hall–Kier alpha value is -3.43. The normalized spacial score (nSPS) is 11.4. The van der Waals surface area contributed by atoms with Gasteiger partial charge in [-0.25, -0.2) is 9.97 Å². The summed E-state index contributed by atoms with van der Waals surface area (Å²) >= 11 is 0. The average molecular weight is 345 g/mol. The Balaban J connectivity index is 2.34. The minimum atomic E-state index is -0.751. The number of nitrogens with one attached hydrogen (secondary N) is 2. The summed E-state index contributed by atoms with van der Waals surface area (Å²) in [6.07, 6.45) is 4.83. The Labute approximate surface area is 144 Å². The van der Waals surface area contributed by atoms with Crippen molar-refractivity contribution in [3.63, 3.8) is 0 Å². The van der Waals surface area contributed by atoms with Crippen molar-refractivity contribution in [3.8, 4) is 5.75 Å². The van der Waals surface area contributed by atoms with E-state index in [2.05, 4.69) is 25.6 Å². The van der Waals surface area contributed by atoms with E-state index in [0.29, 0.717) is 17.9 Å². The monoisotopic (exact) mass is 345 g/mol. The van der Waals surface area contributed by atoms with E-state index >= 15 is 0 Å². The summed E-state index contributed by atoms with van der Waals surface area (Å²) in [7, 11) is 1.51. The molecule has 0 radical (unpaired) electrons. The molecule has 10 nitrogen and oxygen atoms in total. The molecule has 0 saturated carbocycles. The van der Waals surface area contributed by atoms with Crippen molar-refractivity contribution in [2.75, 3.05) is 17.7 Å². The molecular weight excluding hydrogens is 326 g/mol. The number of carbonyl (C=O) groups is 2. The molecule has 0 bridgehead atoms. The maximum absolute atomic E-state index is 11.6. The molecule has 1 atom stereocenters. The molecule has 25 heavy (non-hydrogen) atoms. The van der Waals surface area contributed by atoms with Gasteiger partial charge in [-0.3, -0.25) is 14.6 Å². The number of methoxy groups -OCH3 is 1. The first-order valence-corrected chi connectivity index (χ1v) is 7.43. The van der Waals surface area contributed by atoms with Crippen LogP contribution in [0.3, 0.4) is 0 Å².